The minimum Gasteiger partial charge on any atom is -0.497 e. The van der Waals surface area contributed by atoms with Crippen LogP contribution >= 0.6 is 0 Å². The van der Waals surface area contributed by atoms with E-state index in [0.29, 0.717) is 11.3 Å². The van der Waals surface area contributed by atoms with Crippen LogP contribution in [-0.4, -0.2) is 20.2 Å². The molecule has 0 bridgehead atoms. The van der Waals surface area contributed by atoms with Crippen LogP contribution in [0.3, 0.4) is 0 Å². The molecule has 15 heavy (non-hydrogen) atoms. The molecule has 84 valence electrons. The minimum absolute atomic E-state index is 0.345. The van der Waals surface area contributed by atoms with Gasteiger partial charge in [-0.25, -0.2) is 4.79 Å². The van der Waals surface area contributed by atoms with Crippen LogP contribution in [0.4, 0.5) is 0 Å². The van der Waals surface area contributed by atoms with Crippen molar-refractivity contribution in [2.75, 3.05) is 14.2 Å². The molecule has 0 heterocycles. The average molecular weight is 210 g/mol. The van der Waals surface area contributed by atoms with Gasteiger partial charge in [0.1, 0.15) is 5.75 Å². The Morgan fingerprint density at radius 3 is 2.20 bits per heavy atom. The summed E-state index contributed by atoms with van der Waals surface area (Å²) in [5, 5.41) is 0. The van der Waals surface area contributed by atoms with E-state index < -0.39 is 0 Å². The first-order valence-electron chi connectivity index (χ1n) is 4.91. The zero-order valence-electron chi connectivity index (χ0n) is 9.96. The fourth-order valence-corrected chi connectivity index (χ4v) is 1.10. The van der Waals surface area contributed by atoms with E-state index in [1.54, 1.807) is 19.2 Å². The van der Waals surface area contributed by atoms with E-state index >= 15 is 0 Å². The van der Waals surface area contributed by atoms with E-state index in [1.807, 2.05) is 26.8 Å². The Morgan fingerprint density at radius 2 is 1.73 bits per heavy atom. The molecule has 0 unspecified atom stereocenters. The quantitative estimate of drug-likeness (QED) is 0.704. The molecule has 0 N–H and O–H groups in total. The summed E-state index contributed by atoms with van der Waals surface area (Å²) in [4.78, 5) is 11.2. The van der Waals surface area contributed by atoms with Crippen molar-refractivity contribution in [3.8, 4) is 5.75 Å². The van der Waals surface area contributed by atoms with Crippen LogP contribution in [0, 0.1) is 6.92 Å². The molecule has 1 rings (SSSR count). The maximum atomic E-state index is 11.2. The molecular formula is C12H18O3. The van der Waals surface area contributed by atoms with Crippen molar-refractivity contribution in [2.24, 2.45) is 0 Å². The molecule has 1 aromatic carbocycles. The molecule has 0 atom stereocenters. The highest BCUT2D eigenvalue weighted by Crippen LogP contribution is 2.16. The van der Waals surface area contributed by atoms with Crippen molar-refractivity contribution in [3.63, 3.8) is 0 Å². The van der Waals surface area contributed by atoms with Crippen LogP contribution < -0.4 is 4.74 Å². The van der Waals surface area contributed by atoms with Crippen LogP contribution in [0.2, 0.25) is 0 Å². The Bertz CT molecular complexity index is 319. The second-order valence-corrected chi connectivity index (χ2v) is 2.73. The maximum Gasteiger partial charge on any atom is 0.337 e. The number of benzene rings is 1. The summed E-state index contributed by atoms with van der Waals surface area (Å²) < 4.78 is 9.62. The molecule has 0 amide bonds. The number of carbonyl (C=O) groups is 1. The van der Waals surface area contributed by atoms with E-state index in [0.717, 1.165) is 5.56 Å². The number of carbonyl (C=O) groups excluding carboxylic acids is 1. The van der Waals surface area contributed by atoms with Gasteiger partial charge in [-0.1, -0.05) is 13.8 Å². The van der Waals surface area contributed by atoms with E-state index in [-0.39, 0.29) is 5.97 Å². The number of methoxy groups -OCH3 is 2. The lowest BCUT2D eigenvalue weighted by atomic mass is 10.1. The Morgan fingerprint density at radius 1 is 1.13 bits per heavy atom. The Hall–Kier alpha value is -1.51. The fraction of sp³-hybridized carbons (Fsp3) is 0.417. The van der Waals surface area contributed by atoms with Gasteiger partial charge >= 0.3 is 5.97 Å². The van der Waals surface area contributed by atoms with E-state index in [1.165, 1.54) is 7.11 Å². The van der Waals surface area contributed by atoms with Gasteiger partial charge in [0.05, 0.1) is 19.8 Å². The first-order valence-corrected chi connectivity index (χ1v) is 4.91. The Balaban J connectivity index is 0.000000921. The van der Waals surface area contributed by atoms with Gasteiger partial charge in [0.2, 0.25) is 0 Å². The molecule has 3 heteroatoms. The molecule has 0 aliphatic carbocycles. The molecule has 0 aromatic heterocycles. The van der Waals surface area contributed by atoms with Gasteiger partial charge < -0.3 is 9.47 Å². The topological polar surface area (TPSA) is 35.5 Å². The highest BCUT2D eigenvalue weighted by Gasteiger charge is 2.06. The van der Waals surface area contributed by atoms with Crippen molar-refractivity contribution in [2.45, 2.75) is 20.8 Å². The molecule has 0 spiro atoms. The van der Waals surface area contributed by atoms with Gasteiger partial charge in [0.15, 0.2) is 0 Å². The summed E-state index contributed by atoms with van der Waals surface area (Å²) in [6, 6.07) is 5.26. The highest BCUT2D eigenvalue weighted by molar-refractivity contribution is 5.90. The number of ether oxygens (including phenoxy) is 2. The number of aryl methyl sites for hydroxylation is 1. The smallest absolute Gasteiger partial charge is 0.337 e. The van der Waals surface area contributed by atoms with Gasteiger partial charge in [-0.05, 0) is 30.7 Å². The predicted octanol–water partition coefficient (Wildman–Crippen LogP) is 2.82. The number of esters is 1. The highest BCUT2D eigenvalue weighted by atomic mass is 16.5. The number of hydrogen-bond donors (Lipinski definition) is 0. The van der Waals surface area contributed by atoms with Crippen molar-refractivity contribution in [1.82, 2.24) is 0 Å². The lowest BCUT2D eigenvalue weighted by Gasteiger charge is -2.04. The molecule has 0 fully saturated rings. The lowest BCUT2D eigenvalue weighted by molar-refractivity contribution is 0.0600. The molecule has 0 aliphatic rings. The van der Waals surface area contributed by atoms with Gasteiger partial charge in [-0.3, -0.25) is 0 Å². The largest absolute Gasteiger partial charge is 0.497 e. The summed E-state index contributed by atoms with van der Waals surface area (Å²) in [6.45, 7) is 5.90. The number of hydrogen-bond acceptors (Lipinski definition) is 3. The van der Waals surface area contributed by atoms with E-state index in [2.05, 4.69) is 4.74 Å². The average Bonchev–Trinajstić information content (AvgIpc) is 2.29. The summed E-state index contributed by atoms with van der Waals surface area (Å²) in [5.74, 6) is 0.322. The first kappa shape index (κ1) is 13.5. The van der Waals surface area contributed by atoms with Crippen molar-refractivity contribution in [3.05, 3.63) is 29.3 Å². The van der Waals surface area contributed by atoms with Gasteiger partial charge in [0.25, 0.3) is 0 Å². The number of rotatable bonds is 2. The van der Waals surface area contributed by atoms with Gasteiger partial charge in [-0.15, -0.1) is 0 Å². The van der Waals surface area contributed by atoms with Crippen molar-refractivity contribution in [1.29, 1.82) is 0 Å². The third kappa shape index (κ3) is 4.02. The standard InChI is InChI=1S/C10H12O3.C2H6/c1-7-4-8(10(11)13-3)6-9(5-7)12-2;1-2/h4-6H,1-3H3;1-2H3. The van der Waals surface area contributed by atoms with Crippen LogP contribution in [0.1, 0.15) is 29.8 Å². The fourth-order valence-electron chi connectivity index (χ4n) is 1.10. The summed E-state index contributed by atoms with van der Waals surface area (Å²) in [7, 11) is 2.92. The molecule has 0 radical (unpaired) electrons. The van der Waals surface area contributed by atoms with Gasteiger partial charge in [0, 0.05) is 0 Å². The van der Waals surface area contributed by atoms with E-state index in [4.69, 9.17) is 4.74 Å². The SMILES string of the molecule is CC.COC(=O)c1cc(C)cc(OC)c1. The Kier molecular flexibility index (Phi) is 6.18. The molecule has 0 saturated carbocycles. The monoisotopic (exact) mass is 210 g/mol. The van der Waals surface area contributed by atoms with Crippen LogP contribution in [0.5, 0.6) is 5.75 Å². The summed E-state index contributed by atoms with van der Waals surface area (Å²) in [5.41, 5.74) is 1.49. The third-order valence-electron chi connectivity index (χ3n) is 1.71. The minimum atomic E-state index is -0.345. The zero-order valence-corrected chi connectivity index (χ0v) is 9.96. The van der Waals surface area contributed by atoms with Crippen LogP contribution in [0.25, 0.3) is 0 Å². The molecule has 3 nitrogen and oxygen atoms in total. The second kappa shape index (κ2) is 6.87. The third-order valence-corrected chi connectivity index (χ3v) is 1.71. The molecule has 1 aromatic rings. The summed E-state index contributed by atoms with van der Waals surface area (Å²) >= 11 is 0. The molecule has 0 saturated heterocycles. The molecular weight excluding hydrogens is 192 g/mol. The molecule has 0 aliphatic heterocycles. The second-order valence-electron chi connectivity index (χ2n) is 2.73. The lowest BCUT2D eigenvalue weighted by Crippen LogP contribution is -2.01. The van der Waals surface area contributed by atoms with E-state index in [9.17, 15) is 4.79 Å². The van der Waals surface area contributed by atoms with Crippen LogP contribution in [0.15, 0.2) is 18.2 Å². The van der Waals surface area contributed by atoms with Crippen molar-refractivity contribution >= 4 is 5.97 Å². The first-order chi connectivity index (χ1) is 7.17. The normalized spacial score (nSPS) is 8.60. The van der Waals surface area contributed by atoms with Crippen molar-refractivity contribution < 1.29 is 14.3 Å². The zero-order chi connectivity index (χ0) is 11.8. The predicted molar refractivity (Wildman–Crippen MR) is 60.4 cm³/mol. The summed E-state index contributed by atoms with van der Waals surface area (Å²) in [6.07, 6.45) is 0. The van der Waals surface area contributed by atoms with Gasteiger partial charge in [-0.2, -0.15) is 0 Å². The van der Waals surface area contributed by atoms with Crippen LogP contribution in [-0.2, 0) is 4.74 Å². The maximum absolute atomic E-state index is 11.2. The Labute approximate surface area is 91.0 Å².